The molecule has 6 nitrogen and oxygen atoms in total. The number of carbonyl (C=O) groups excluding carboxylic acids is 1. The Bertz CT molecular complexity index is 1380. The highest BCUT2D eigenvalue weighted by Gasteiger charge is 2.41. The van der Waals surface area contributed by atoms with Gasteiger partial charge in [0.15, 0.2) is 5.11 Å². The summed E-state index contributed by atoms with van der Waals surface area (Å²) in [6.45, 7) is 4.66. The largest absolute Gasteiger partial charge is 0.352 e. The zero-order valence-electron chi connectivity index (χ0n) is 21.1. The zero-order valence-corrected chi connectivity index (χ0v) is 21.9. The fourth-order valence-electron chi connectivity index (χ4n) is 4.93. The number of benzene rings is 2. The summed E-state index contributed by atoms with van der Waals surface area (Å²) in [7, 11) is 0. The van der Waals surface area contributed by atoms with Gasteiger partial charge in [-0.25, -0.2) is 0 Å². The Morgan fingerprint density at radius 3 is 2.57 bits per heavy atom. The van der Waals surface area contributed by atoms with Crippen LogP contribution >= 0.6 is 12.2 Å². The van der Waals surface area contributed by atoms with Crippen LogP contribution in [0.3, 0.4) is 0 Å². The summed E-state index contributed by atoms with van der Waals surface area (Å²) in [4.78, 5) is 19.8. The molecular weight excluding hydrogens is 478 g/mol. The van der Waals surface area contributed by atoms with Gasteiger partial charge >= 0.3 is 0 Å². The predicted molar refractivity (Wildman–Crippen MR) is 152 cm³/mol. The lowest BCUT2D eigenvalue weighted by Gasteiger charge is -2.29. The van der Waals surface area contributed by atoms with E-state index in [0.717, 1.165) is 34.7 Å². The lowest BCUT2D eigenvalue weighted by atomic mass is 10.0. The molecule has 2 atom stereocenters. The van der Waals surface area contributed by atoms with Crippen molar-refractivity contribution in [2.24, 2.45) is 0 Å². The molecule has 4 aromatic rings. The minimum atomic E-state index is -0.142. The molecule has 0 aliphatic carbocycles. The van der Waals surface area contributed by atoms with Crippen LogP contribution in [0.4, 0.5) is 5.69 Å². The molecule has 2 unspecified atom stereocenters. The molecule has 1 aliphatic rings. The van der Waals surface area contributed by atoms with E-state index < -0.39 is 0 Å². The van der Waals surface area contributed by atoms with Crippen LogP contribution in [-0.4, -0.2) is 32.0 Å². The Labute approximate surface area is 223 Å². The quantitative estimate of drug-likeness (QED) is 0.297. The maximum absolute atomic E-state index is 13.0. The number of pyridine rings is 1. The Kier molecular flexibility index (Phi) is 7.32. The van der Waals surface area contributed by atoms with E-state index in [4.69, 9.17) is 12.2 Å². The number of carbonyl (C=O) groups is 1. The molecule has 0 saturated carbocycles. The van der Waals surface area contributed by atoms with Crippen LogP contribution in [0, 0.1) is 6.92 Å². The van der Waals surface area contributed by atoms with Crippen LogP contribution in [0.5, 0.6) is 0 Å². The third-order valence-electron chi connectivity index (χ3n) is 6.85. The molecule has 1 amide bonds. The number of nitrogens with one attached hydrogen (secondary N) is 2. The van der Waals surface area contributed by atoms with E-state index in [9.17, 15) is 4.79 Å². The molecule has 0 bridgehead atoms. The molecular formula is C30H31N5OS. The van der Waals surface area contributed by atoms with Crippen molar-refractivity contribution in [1.29, 1.82) is 0 Å². The number of anilines is 1. The van der Waals surface area contributed by atoms with Gasteiger partial charge < -0.3 is 20.1 Å². The minimum absolute atomic E-state index is 0.0300. The Balaban J connectivity index is 1.43. The third-order valence-corrected chi connectivity index (χ3v) is 7.20. The molecule has 1 saturated heterocycles. The molecule has 37 heavy (non-hydrogen) atoms. The molecule has 0 spiro atoms. The second kappa shape index (κ2) is 11.0. The van der Waals surface area contributed by atoms with Crippen molar-refractivity contribution in [3.05, 3.63) is 114 Å². The smallest absolute Gasteiger partial charge is 0.226 e. The van der Waals surface area contributed by atoms with Crippen LogP contribution in [0.2, 0.25) is 0 Å². The first-order chi connectivity index (χ1) is 18.0. The molecule has 3 heterocycles. The molecule has 2 aromatic heterocycles. The lowest BCUT2D eigenvalue weighted by Crippen LogP contribution is -2.33. The summed E-state index contributed by atoms with van der Waals surface area (Å²) in [5.74, 6) is -0.0300. The Hall–Kier alpha value is -3.97. The lowest BCUT2D eigenvalue weighted by molar-refractivity contribution is -0.116. The van der Waals surface area contributed by atoms with Crippen molar-refractivity contribution in [3.63, 3.8) is 0 Å². The maximum Gasteiger partial charge on any atom is 0.226 e. The van der Waals surface area contributed by atoms with E-state index in [2.05, 4.69) is 81.5 Å². The number of rotatable bonds is 8. The van der Waals surface area contributed by atoms with Crippen molar-refractivity contribution >= 4 is 28.9 Å². The third kappa shape index (κ3) is 5.27. The number of thiocarbonyl (C=S) groups is 1. The highest BCUT2D eigenvalue weighted by atomic mass is 32.1. The van der Waals surface area contributed by atoms with Crippen molar-refractivity contribution < 1.29 is 4.79 Å². The molecule has 1 aliphatic heterocycles. The van der Waals surface area contributed by atoms with Gasteiger partial charge in [-0.1, -0.05) is 48.9 Å². The summed E-state index contributed by atoms with van der Waals surface area (Å²) in [5.41, 5.74) is 6.28. The Morgan fingerprint density at radius 1 is 1.03 bits per heavy atom. The second-order valence-corrected chi connectivity index (χ2v) is 9.65. The summed E-state index contributed by atoms with van der Waals surface area (Å²) >= 11 is 5.81. The summed E-state index contributed by atoms with van der Waals surface area (Å²) in [6.07, 6.45) is 5.05. The first-order valence-corrected chi connectivity index (χ1v) is 13.1. The number of amides is 1. The molecule has 7 heteroatoms. The summed E-state index contributed by atoms with van der Waals surface area (Å²) in [6, 6.07) is 26.2. The number of aromatic nitrogens is 2. The number of aryl methyl sites for hydroxylation is 2. The molecule has 1 fully saturated rings. The number of hydrogen-bond donors (Lipinski definition) is 2. The van der Waals surface area contributed by atoms with Crippen LogP contribution in [0.1, 0.15) is 47.9 Å². The van der Waals surface area contributed by atoms with Crippen LogP contribution in [-0.2, 0) is 11.2 Å². The van der Waals surface area contributed by atoms with Crippen LogP contribution < -0.4 is 10.6 Å². The topological polar surface area (TPSA) is 62.2 Å². The zero-order chi connectivity index (χ0) is 25.8. The molecule has 0 radical (unpaired) electrons. The second-order valence-electron chi connectivity index (χ2n) is 9.27. The maximum atomic E-state index is 13.0. The van der Waals surface area contributed by atoms with E-state index in [1.807, 2.05) is 42.5 Å². The van der Waals surface area contributed by atoms with Gasteiger partial charge in [0.2, 0.25) is 5.91 Å². The Morgan fingerprint density at radius 2 is 1.81 bits per heavy atom. The normalized spacial score (nSPS) is 17.0. The van der Waals surface area contributed by atoms with E-state index in [0.29, 0.717) is 18.1 Å². The molecule has 5 rings (SSSR count). The van der Waals surface area contributed by atoms with E-state index in [1.165, 1.54) is 5.56 Å². The average molecular weight is 510 g/mol. The summed E-state index contributed by atoms with van der Waals surface area (Å²) in [5, 5.41) is 7.20. The van der Waals surface area contributed by atoms with Gasteiger partial charge in [0.1, 0.15) is 0 Å². The SMILES string of the molecule is CCc1ccccc1NC(=O)CCN1C(=S)NC(c2ccccn2)C1c1cccn1-c1ccc(C)cc1. The minimum Gasteiger partial charge on any atom is -0.352 e. The van der Waals surface area contributed by atoms with Gasteiger partial charge in [0.05, 0.1) is 17.8 Å². The van der Waals surface area contributed by atoms with Crippen molar-refractivity contribution in [2.75, 3.05) is 11.9 Å². The van der Waals surface area contributed by atoms with E-state index >= 15 is 0 Å². The monoisotopic (exact) mass is 509 g/mol. The van der Waals surface area contributed by atoms with Gasteiger partial charge in [-0.15, -0.1) is 0 Å². The van der Waals surface area contributed by atoms with Gasteiger partial charge in [-0.05, 0) is 73.6 Å². The first-order valence-electron chi connectivity index (χ1n) is 12.6. The van der Waals surface area contributed by atoms with E-state index in [1.54, 1.807) is 6.20 Å². The first kappa shape index (κ1) is 24.7. The standard InChI is InChI=1S/C30H31N5OS/c1-3-22-9-4-5-10-24(22)32-27(36)17-20-35-29(28(33-30(35)37)25-11-6-7-18-31-25)26-12-8-19-34(26)23-15-13-21(2)14-16-23/h4-16,18-19,28-29H,3,17,20H2,1-2H3,(H,32,36)(H,33,37). The van der Waals surface area contributed by atoms with Gasteiger partial charge in [0.25, 0.3) is 0 Å². The highest BCUT2D eigenvalue weighted by Crippen LogP contribution is 2.39. The van der Waals surface area contributed by atoms with Crippen molar-refractivity contribution in [3.8, 4) is 5.69 Å². The predicted octanol–water partition coefficient (Wildman–Crippen LogP) is 5.74. The fraction of sp³-hybridized carbons (Fsp3) is 0.233. The van der Waals surface area contributed by atoms with Gasteiger partial charge in [0, 0.05) is 42.4 Å². The fourth-order valence-corrected chi connectivity index (χ4v) is 5.26. The highest BCUT2D eigenvalue weighted by molar-refractivity contribution is 7.80. The molecule has 188 valence electrons. The number of nitrogens with zero attached hydrogens (tertiary/aromatic N) is 3. The van der Waals surface area contributed by atoms with Crippen molar-refractivity contribution in [1.82, 2.24) is 19.8 Å². The summed E-state index contributed by atoms with van der Waals surface area (Å²) < 4.78 is 2.19. The number of para-hydroxylation sites is 1. The van der Waals surface area contributed by atoms with Gasteiger partial charge in [-0.3, -0.25) is 9.78 Å². The van der Waals surface area contributed by atoms with Gasteiger partial charge in [-0.2, -0.15) is 0 Å². The van der Waals surface area contributed by atoms with Crippen LogP contribution in [0.25, 0.3) is 5.69 Å². The molecule has 2 N–H and O–H groups in total. The number of hydrogen-bond acceptors (Lipinski definition) is 3. The van der Waals surface area contributed by atoms with E-state index in [-0.39, 0.29) is 18.0 Å². The van der Waals surface area contributed by atoms with Crippen molar-refractivity contribution in [2.45, 2.75) is 38.8 Å². The molecule has 2 aromatic carbocycles. The average Bonchev–Trinajstić information content (AvgIpc) is 3.53. The van der Waals surface area contributed by atoms with Crippen LogP contribution in [0.15, 0.2) is 91.3 Å².